The van der Waals surface area contributed by atoms with Gasteiger partial charge in [0.15, 0.2) is 0 Å². The standard InChI is InChI=1S/C24H27N3O3/c1-3-14-27-22(29)17-19(18-8-5-4-6-9-18)24(27)12-15-26(16-13-24)23(30)20-10-7-11-21(28)25(20)2/h3-11,19H,1,12-17H2,2H3/t19-/m1/s1. The number of piperidine rings is 1. The highest BCUT2D eigenvalue weighted by Crippen LogP contribution is 2.48. The second kappa shape index (κ2) is 7.94. The van der Waals surface area contributed by atoms with Gasteiger partial charge >= 0.3 is 0 Å². The largest absolute Gasteiger partial charge is 0.337 e. The third-order valence-corrected chi connectivity index (χ3v) is 6.70. The molecule has 2 amide bonds. The summed E-state index contributed by atoms with van der Waals surface area (Å²) in [5, 5.41) is 0. The molecule has 1 aromatic heterocycles. The molecule has 0 radical (unpaired) electrons. The highest BCUT2D eigenvalue weighted by molar-refractivity contribution is 5.92. The lowest BCUT2D eigenvalue weighted by Crippen LogP contribution is -2.56. The third kappa shape index (κ3) is 3.26. The molecule has 2 aliphatic rings. The number of carbonyl (C=O) groups is 2. The van der Waals surface area contributed by atoms with Gasteiger partial charge in [-0.1, -0.05) is 42.5 Å². The molecule has 0 bridgehead atoms. The Balaban J connectivity index is 1.61. The average molecular weight is 405 g/mol. The fraction of sp³-hybridized carbons (Fsp3) is 0.375. The fourth-order valence-electron chi connectivity index (χ4n) is 5.09. The van der Waals surface area contributed by atoms with E-state index in [-0.39, 0.29) is 28.8 Å². The number of benzene rings is 1. The normalized spacial score (nSPS) is 20.6. The molecule has 2 aliphatic heterocycles. The van der Waals surface area contributed by atoms with E-state index >= 15 is 0 Å². The number of carbonyl (C=O) groups excluding carboxylic acids is 2. The zero-order chi connectivity index (χ0) is 21.3. The van der Waals surface area contributed by atoms with Crippen molar-refractivity contribution in [2.45, 2.75) is 30.7 Å². The molecule has 4 rings (SSSR count). The van der Waals surface area contributed by atoms with Crippen LogP contribution < -0.4 is 5.56 Å². The molecule has 1 spiro atoms. The second-order valence-corrected chi connectivity index (χ2v) is 8.16. The van der Waals surface area contributed by atoms with Crippen LogP contribution >= 0.6 is 0 Å². The Labute approximate surface area is 176 Å². The summed E-state index contributed by atoms with van der Waals surface area (Å²) in [7, 11) is 1.62. The van der Waals surface area contributed by atoms with Crippen LogP contribution in [-0.2, 0) is 11.8 Å². The van der Waals surface area contributed by atoms with Crippen molar-refractivity contribution >= 4 is 11.8 Å². The molecule has 1 atom stereocenters. The zero-order valence-electron chi connectivity index (χ0n) is 17.3. The van der Waals surface area contributed by atoms with Gasteiger partial charge in [0.25, 0.3) is 11.5 Å². The van der Waals surface area contributed by atoms with Crippen molar-refractivity contribution in [2.75, 3.05) is 19.6 Å². The average Bonchev–Trinajstić information content (AvgIpc) is 3.03. The monoisotopic (exact) mass is 405 g/mol. The van der Waals surface area contributed by atoms with Crippen molar-refractivity contribution in [3.63, 3.8) is 0 Å². The summed E-state index contributed by atoms with van der Waals surface area (Å²) in [6.07, 6.45) is 3.68. The van der Waals surface area contributed by atoms with Gasteiger partial charge in [0.2, 0.25) is 5.91 Å². The number of hydrogen-bond donors (Lipinski definition) is 0. The van der Waals surface area contributed by atoms with Crippen LogP contribution in [0.25, 0.3) is 0 Å². The Kier molecular flexibility index (Phi) is 5.33. The summed E-state index contributed by atoms with van der Waals surface area (Å²) < 4.78 is 1.39. The van der Waals surface area contributed by atoms with Gasteiger partial charge in [-0.3, -0.25) is 14.4 Å². The molecule has 1 aromatic carbocycles. The van der Waals surface area contributed by atoms with E-state index in [0.717, 1.165) is 0 Å². The Morgan fingerprint density at radius 2 is 1.80 bits per heavy atom. The molecule has 2 aromatic rings. The van der Waals surface area contributed by atoms with Crippen molar-refractivity contribution in [2.24, 2.45) is 7.05 Å². The number of rotatable bonds is 4. The number of aromatic nitrogens is 1. The molecule has 156 valence electrons. The summed E-state index contributed by atoms with van der Waals surface area (Å²) in [6.45, 7) is 5.46. The molecule has 6 nitrogen and oxygen atoms in total. The van der Waals surface area contributed by atoms with Crippen LogP contribution in [0.3, 0.4) is 0 Å². The number of nitrogens with zero attached hydrogens (tertiary/aromatic N) is 3. The lowest BCUT2D eigenvalue weighted by Gasteiger charge is -2.48. The lowest BCUT2D eigenvalue weighted by molar-refractivity contribution is -0.131. The topological polar surface area (TPSA) is 62.6 Å². The summed E-state index contributed by atoms with van der Waals surface area (Å²) in [4.78, 5) is 41.7. The molecule has 6 heteroatoms. The maximum Gasteiger partial charge on any atom is 0.270 e. The first-order valence-electron chi connectivity index (χ1n) is 10.4. The van der Waals surface area contributed by atoms with E-state index in [1.807, 2.05) is 23.1 Å². The fourth-order valence-corrected chi connectivity index (χ4v) is 5.09. The van der Waals surface area contributed by atoms with Crippen LogP contribution in [0.4, 0.5) is 0 Å². The molecule has 2 saturated heterocycles. The summed E-state index contributed by atoms with van der Waals surface area (Å²) >= 11 is 0. The third-order valence-electron chi connectivity index (χ3n) is 6.70. The smallest absolute Gasteiger partial charge is 0.270 e. The minimum atomic E-state index is -0.314. The van der Waals surface area contributed by atoms with Gasteiger partial charge in [-0.25, -0.2) is 0 Å². The van der Waals surface area contributed by atoms with Crippen molar-refractivity contribution in [1.29, 1.82) is 0 Å². The molecule has 0 aliphatic carbocycles. The minimum absolute atomic E-state index is 0.101. The quantitative estimate of drug-likeness (QED) is 0.735. The van der Waals surface area contributed by atoms with Crippen molar-refractivity contribution < 1.29 is 9.59 Å². The van der Waals surface area contributed by atoms with Gasteiger partial charge in [0, 0.05) is 45.1 Å². The first kappa shape index (κ1) is 20.1. The first-order chi connectivity index (χ1) is 14.5. The molecule has 0 unspecified atom stereocenters. The maximum atomic E-state index is 13.1. The predicted molar refractivity (Wildman–Crippen MR) is 115 cm³/mol. The van der Waals surface area contributed by atoms with E-state index in [4.69, 9.17) is 0 Å². The Morgan fingerprint density at radius 1 is 1.10 bits per heavy atom. The van der Waals surface area contributed by atoms with Crippen molar-refractivity contribution in [3.05, 3.63) is 82.8 Å². The van der Waals surface area contributed by atoms with Crippen LogP contribution in [-0.4, -0.2) is 51.4 Å². The summed E-state index contributed by atoms with van der Waals surface area (Å²) in [5.74, 6) is 0.111. The molecule has 0 N–H and O–H groups in total. The predicted octanol–water partition coefficient (Wildman–Crippen LogP) is 2.56. The van der Waals surface area contributed by atoms with Gasteiger partial charge in [-0.15, -0.1) is 6.58 Å². The molecular formula is C24H27N3O3. The second-order valence-electron chi connectivity index (χ2n) is 8.16. The van der Waals surface area contributed by atoms with Crippen molar-refractivity contribution in [3.8, 4) is 0 Å². The molecule has 0 saturated carbocycles. The lowest BCUT2D eigenvalue weighted by atomic mass is 9.73. The van der Waals surface area contributed by atoms with Gasteiger partial charge in [0.05, 0.1) is 5.54 Å². The summed E-state index contributed by atoms with van der Waals surface area (Å²) in [5.41, 5.74) is 1.05. The van der Waals surface area contributed by atoms with Crippen molar-refractivity contribution in [1.82, 2.24) is 14.4 Å². The Morgan fingerprint density at radius 3 is 2.47 bits per heavy atom. The molecule has 30 heavy (non-hydrogen) atoms. The van der Waals surface area contributed by atoms with E-state index in [9.17, 15) is 14.4 Å². The number of pyridine rings is 1. The number of amides is 2. The van der Waals surface area contributed by atoms with Crippen LogP contribution in [0.15, 0.2) is 66.0 Å². The maximum absolute atomic E-state index is 13.1. The molecule has 2 fully saturated rings. The van der Waals surface area contributed by atoms with E-state index < -0.39 is 0 Å². The van der Waals surface area contributed by atoms with Crippen LogP contribution in [0, 0.1) is 0 Å². The van der Waals surface area contributed by atoms with Gasteiger partial charge in [0.1, 0.15) is 5.69 Å². The van der Waals surface area contributed by atoms with E-state index in [2.05, 4.69) is 18.7 Å². The first-order valence-corrected chi connectivity index (χ1v) is 10.4. The molecule has 3 heterocycles. The summed E-state index contributed by atoms with van der Waals surface area (Å²) in [6, 6.07) is 14.9. The van der Waals surface area contributed by atoms with Crippen LogP contribution in [0.5, 0.6) is 0 Å². The SMILES string of the molecule is C=CCN1C(=O)C[C@H](c2ccccc2)C12CCN(C(=O)c1cccc(=O)n1C)CC2. The Bertz CT molecular complexity index is 1020. The van der Waals surface area contributed by atoms with E-state index in [1.165, 1.54) is 16.2 Å². The highest BCUT2D eigenvalue weighted by Gasteiger charge is 2.54. The Hall–Kier alpha value is -3.15. The minimum Gasteiger partial charge on any atom is -0.337 e. The van der Waals surface area contributed by atoms with Gasteiger partial charge in [-0.05, 0) is 24.5 Å². The zero-order valence-corrected chi connectivity index (χ0v) is 17.3. The van der Waals surface area contributed by atoms with E-state index in [1.54, 1.807) is 30.2 Å². The van der Waals surface area contributed by atoms with Gasteiger partial charge < -0.3 is 14.4 Å². The number of hydrogen-bond acceptors (Lipinski definition) is 3. The van der Waals surface area contributed by atoms with E-state index in [0.29, 0.717) is 44.6 Å². The number of likely N-dealkylation sites (tertiary alicyclic amines) is 2. The van der Waals surface area contributed by atoms with Crippen LogP contribution in [0.1, 0.15) is 41.2 Å². The van der Waals surface area contributed by atoms with Gasteiger partial charge in [-0.2, -0.15) is 0 Å². The highest BCUT2D eigenvalue weighted by atomic mass is 16.2. The molecular weight excluding hydrogens is 378 g/mol. The van der Waals surface area contributed by atoms with Crippen LogP contribution in [0.2, 0.25) is 0 Å².